The van der Waals surface area contributed by atoms with Gasteiger partial charge in [0.1, 0.15) is 0 Å². The molecule has 2 rings (SSSR count). The molecule has 1 unspecified atom stereocenters. The summed E-state index contributed by atoms with van der Waals surface area (Å²) < 4.78 is 5.45. The normalized spacial score (nSPS) is 17.6. The molecule has 0 aliphatic carbocycles. The minimum Gasteiger partial charge on any atom is -0.379 e. The van der Waals surface area contributed by atoms with Gasteiger partial charge in [-0.2, -0.15) is 0 Å². The standard InChI is InChI=1S/C20H34N4O/c1-5-21-20(23-17(4)16(2)3)22-14-18-8-6-7-9-19(18)15-24-10-12-25-13-11-24/h6-9,16-17H,5,10-15H2,1-4H3,(H2,21,22,23). The number of rotatable bonds is 7. The zero-order valence-corrected chi connectivity index (χ0v) is 16.2. The molecular weight excluding hydrogens is 312 g/mol. The maximum atomic E-state index is 5.45. The van der Waals surface area contributed by atoms with E-state index in [0.717, 1.165) is 45.4 Å². The van der Waals surface area contributed by atoms with Crippen molar-refractivity contribution in [2.75, 3.05) is 32.8 Å². The number of benzene rings is 1. The van der Waals surface area contributed by atoms with Gasteiger partial charge in [0.2, 0.25) is 0 Å². The Morgan fingerprint density at radius 1 is 1.16 bits per heavy atom. The van der Waals surface area contributed by atoms with Crippen LogP contribution in [0, 0.1) is 5.92 Å². The van der Waals surface area contributed by atoms with E-state index < -0.39 is 0 Å². The molecule has 2 N–H and O–H groups in total. The van der Waals surface area contributed by atoms with E-state index >= 15 is 0 Å². The molecule has 5 nitrogen and oxygen atoms in total. The summed E-state index contributed by atoms with van der Waals surface area (Å²) in [5.41, 5.74) is 2.66. The number of hydrogen-bond acceptors (Lipinski definition) is 3. The zero-order valence-electron chi connectivity index (χ0n) is 16.2. The van der Waals surface area contributed by atoms with Crippen LogP contribution in [0.15, 0.2) is 29.3 Å². The number of nitrogens with zero attached hydrogens (tertiary/aromatic N) is 2. The average molecular weight is 347 g/mol. The van der Waals surface area contributed by atoms with Crippen molar-refractivity contribution in [1.29, 1.82) is 0 Å². The van der Waals surface area contributed by atoms with E-state index in [0.29, 0.717) is 18.5 Å². The fourth-order valence-electron chi connectivity index (χ4n) is 2.73. The van der Waals surface area contributed by atoms with Gasteiger partial charge in [0.05, 0.1) is 19.8 Å². The second-order valence-corrected chi connectivity index (χ2v) is 7.03. The van der Waals surface area contributed by atoms with E-state index in [1.807, 2.05) is 0 Å². The molecule has 1 fully saturated rings. The van der Waals surface area contributed by atoms with Crippen molar-refractivity contribution in [1.82, 2.24) is 15.5 Å². The third kappa shape index (κ3) is 6.67. The van der Waals surface area contributed by atoms with Crippen LogP contribution in [0.5, 0.6) is 0 Å². The van der Waals surface area contributed by atoms with Crippen LogP contribution in [0.25, 0.3) is 0 Å². The van der Waals surface area contributed by atoms with E-state index in [1.165, 1.54) is 11.1 Å². The summed E-state index contributed by atoms with van der Waals surface area (Å²) in [7, 11) is 0. The molecule has 1 aliphatic rings. The van der Waals surface area contributed by atoms with Gasteiger partial charge in [0.25, 0.3) is 0 Å². The lowest BCUT2D eigenvalue weighted by molar-refractivity contribution is 0.0341. The maximum Gasteiger partial charge on any atom is 0.191 e. The molecule has 1 aliphatic heterocycles. The van der Waals surface area contributed by atoms with Gasteiger partial charge in [-0.05, 0) is 30.9 Å². The van der Waals surface area contributed by atoms with Crippen LogP contribution in [-0.4, -0.2) is 49.7 Å². The Labute approximate surface area is 152 Å². The second-order valence-electron chi connectivity index (χ2n) is 7.03. The summed E-state index contributed by atoms with van der Waals surface area (Å²) in [6.45, 7) is 15.0. The smallest absolute Gasteiger partial charge is 0.191 e. The maximum absolute atomic E-state index is 5.45. The first-order chi connectivity index (χ1) is 12.1. The Bertz CT molecular complexity index is 538. The van der Waals surface area contributed by atoms with E-state index in [4.69, 9.17) is 9.73 Å². The second kappa shape index (κ2) is 10.4. The minimum atomic E-state index is 0.390. The number of morpholine rings is 1. The first-order valence-corrected chi connectivity index (χ1v) is 9.52. The van der Waals surface area contributed by atoms with Crippen LogP contribution < -0.4 is 10.6 Å². The van der Waals surface area contributed by atoms with Crippen LogP contribution in [-0.2, 0) is 17.8 Å². The Balaban J connectivity index is 2.03. The lowest BCUT2D eigenvalue weighted by Crippen LogP contribution is -2.44. The zero-order chi connectivity index (χ0) is 18.1. The Hall–Kier alpha value is -1.59. The van der Waals surface area contributed by atoms with Gasteiger partial charge in [0.15, 0.2) is 5.96 Å². The van der Waals surface area contributed by atoms with Gasteiger partial charge in [-0.3, -0.25) is 4.90 Å². The highest BCUT2D eigenvalue weighted by molar-refractivity contribution is 5.80. The number of hydrogen-bond donors (Lipinski definition) is 2. The SMILES string of the molecule is CCNC(=NCc1ccccc1CN1CCOCC1)NC(C)C(C)C. The van der Waals surface area contributed by atoms with Crippen molar-refractivity contribution in [2.24, 2.45) is 10.9 Å². The largest absolute Gasteiger partial charge is 0.379 e. The molecule has 0 aromatic heterocycles. The van der Waals surface area contributed by atoms with E-state index in [-0.39, 0.29) is 0 Å². The molecule has 140 valence electrons. The monoisotopic (exact) mass is 346 g/mol. The molecule has 1 aromatic rings. The highest BCUT2D eigenvalue weighted by Gasteiger charge is 2.13. The van der Waals surface area contributed by atoms with Crippen molar-refractivity contribution >= 4 is 5.96 Å². The molecule has 5 heteroatoms. The van der Waals surface area contributed by atoms with Gasteiger partial charge in [-0.1, -0.05) is 38.1 Å². The van der Waals surface area contributed by atoms with Crippen LogP contribution in [0.4, 0.5) is 0 Å². The average Bonchev–Trinajstić information content (AvgIpc) is 2.61. The number of guanidine groups is 1. The summed E-state index contributed by atoms with van der Waals surface area (Å²) in [4.78, 5) is 7.27. The first kappa shape index (κ1) is 19.7. The molecule has 25 heavy (non-hydrogen) atoms. The van der Waals surface area contributed by atoms with Crippen molar-refractivity contribution in [3.05, 3.63) is 35.4 Å². The molecule has 0 bridgehead atoms. The van der Waals surface area contributed by atoms with Gasteiger partial charge < -0.3 is 15.4 Å². The molecule has 0 saturated carbocycles. The molecule has 1 heterocycles. The lowest BCUT2D eigenvalue weighted by atomic mass is 10.1. The van der Waals surface area contributed by atoms with E-state index in [9.17, 15) is 0 Å². The minimum absolute atomic E-state index is 0.390. The van der Waals surface area contributed by atoms with Crippen LogP contribution in [0.3, 0.4) is 0 Å². The molecule has 0 amide bonds. The third-order valence-corrected chi connectivity index (χ3v) is 4.73. The highest BCUT2D eigenvalue weighted by Crippen LogP contribution is 2.14. The predicted octanol–water partition coefficient (Wildman–Crippen LogP) is 2.62. The number of ether oxygens (including phenoxy) is 1. The first-order valence-electron chi connectivity index (χ1n) is 9.52. The van der Waals surface area contributed by atoms with Crippen molar-refractivity contribution in [2.45, 2.75) is 46.8 Å². The molecule has 1 saturated heterocycles. The molecule has 0 spiro atoms. The predicted molar refractivity (Wildman–Crippen MR) is 105 cm³/mol. The Morgan fingerprint density at radius 2 is 1.84 bits per heavy atom. The van der Waals surface area contributed by atoms with Crippen LogP contribution >= 0.6 is 0 Å². The summed E-state index contributed by atoms with van der Waals surface area (Å²) in [6, 6.07) is 9.02. The summed E-state index contributed by atoms with van der Waals surface area (Å²) >= 11 is 0. The highest BCUT2D eigenvalue weighted by atomic mass is 16.5. The molecular formula is C20H34N4O. The van der Waals surface area contributed by atoms with E-state index in [2.05, 4.69) is 67.5 Å². The fourth-order valence-corrected chi connectivity index (χ4v) is 2.73. The molecule has 1 atom stereocenters. The fraction of sp³-hybridized carbons (Fsp3) is 0.650. The summed E-state index contributed by atoms with van der Waals surface area (Å²) in [6.07, 6.45) is 0. The van der Waals surface area contributed by atoms with Crippen molar-refractivity contribution in [3.63, 3.8) is 0 Å². The summed E-state index contributed by atoms with van der Waals surface area (Å²) in [5.74, 6) is 1.46. The van der Waals surface area contributed by atoms with Gasteiger partial charge in [-0.15, -0.1) is 0 Å². The van der Waals surface area contributed by atoms with Crippen LogP contribution in [0.2, 0.25) is 0 Å². The number of nitrogens with one attached hydrogen (secondary N) is 2. The topological polar surface area (TPSA) is 48.9 Å². The quantitative estimate of drug-likeness (QED) is 0.589. The lowest BCUT2D eigenvalue weighted by Gasteiger charge is -2.27. The van der Waals surface area contributed by atoms with Gasteiger partial charge >= 0.3 is 0 Å². The Kier molecular flexibility index (Phi) is 8.22. The van der Waals surface area contributed by atoms with E-state index in [1.54, 1.807) is 0 Å². The molecule has 1 aromatic carbocycles. The van der Waals surface area contributed by atoms with Crippen molar-refractivity contribution in [3.8, 4) is 0 Å². The third-order valence-electron chi connectivity index (χ3n) is 4.73. The molecule has 0 radical (unpaired) electrons. The van der Waals surface area contributed by atoms with Gasteiger partial charge in [0, 0.05) is 32.2 Å². The van der Waals surface area contributed by atoms with Gasteiger partial charge in [-0.25, -0.2) is 4.99 Å². The van der Waals surface area contributed by atoms with Crippen molar-refractivity contribution < 1.29 is 4.74 Å². The van der Waals surface area contributed by atoms with Crippen LogP contribution in [0.1, 0.15) is 38.8 Å². The summed E-state index contributed by atoms with van der Waals surface area (Å²) in [5, 5.41) is 6.85. The number of aliphatic imine (C=N–C) groups is 1. The Morgan fingerprint density at radius 3 is 2.48 bits per heavy atom.